The minimum atomic E-state index is -5.27. The first-order valence-electron chi connectivity index (χ1n) is 4.58. The number of halogens is 6. The summed E-state index contributed by atoms with van der Waals surface area (Å²) in [5.41, 5.74) is 0. The van der Waals surface area contributed by atoms with Crippen molar-refractivity contribution < 1.29 is 41.0 Å². The number of nitrogens with one attached hydrogen (secondary N) is 1. The molecule has 0 aromatic carbocycles. The van der Waals surface area contributed by atoms with E-state index >= 15 is 0 Å². The number of rotatable bonds is 5. The maximum Gasteiger partial charge on any atom is 0.471 e. The zero-order chi connectivity index (χ0) is 14.6. The summed E-state index contributed by atoms with van der Waals surface area (Å²) in [6.45, 7) is -1.31. The fourth-order valence-electron chi connectivity index (χ4n) is 0.995. The van der Waals surface area contributed by atoms with Crippen molar-refractivity contribution in [3.8, 4) is 0 Å². The number of carbonyl (C=O) groups is 2. The van der Waals surface area contributed by atoms with E-state index in [0.717, 1.165) is 5.32 Å². The Kier molecular flexibility index (Phi) is 5.43. The number of hydrogen-bond acceptors (Lipinski definition) is 2. The van der Waals surface area contributed by atoms with Crippen molar-refractivity contribution in [3.05, 3.63) is 0 Å². The molecular weight excluding hydrogens is 272 g/mol. The molecule has 2 N–H and O–H groups in total. The number of alkyl halides is 6. The van der Waals surface area contributed by atoms with Gasteiger partial charge in [-0.05, 0) is 6.42 Å². The highest BCUT2D eigenvalue weighted by Crippen LogP contribution is 2.29. The van der Waals surface area contributed by atoms with Gasteiger partial charge in [0.15, 0.2) is 0 Å². The molecule has 0 aliphatic rings. The van der Waals surface area contributed by atoms with Crippen LogP contribution in [0.3, 0.4) is 0 Å². The lowest BCUT2D eigenvalue weighted by Gasteiger charge is -2.20. The number of carboxylic acids is 1. The molecule has 0 aromatic heterocycles. The second-order valence-electron chi connectivity index (χ2n) is 3.38. The Labute approximate surface area is 97.0 Å². The van der Waals surface area contributed by atoms with Gasteiger partial charge in [-0.25, -0.2) is 0 Å². The summed E-state index contributed by atoms with van der Waals surface area (Å²) < 4.78 is 72.0. The fraction of sp³-hybridized carbons (Fsp3) is 0.750. The largest absolute Gasteiger partial charge is 0.481 e. The van der Waals surface area contributed by atoms with E-state index in [2.05, 4.69) is 0 Å². The van der Waals surface area contributed by atoms with E-state index in [1.54, 1.807) is 0 Å². The molecule has 0 aliphatic carbocycles. The number of amides is 1. The summed E-state index contributed by atoms with van der Waals surface area (Å²) in [6.07, 6.45) is -11.9. The highest BCUT2D eigenvalue weighted by atomic mass is 19.4. The Morgan fingerprint density at radius 2 is 1.61 bits per heavy atom. The molecule has 0 saturated heterocycles. The maximum absolute atomic E-state index is 12.3. The summed E-state index contributed by atoms with van der Waals surface area (Å²) in [7, 11) is 0. The van der Waals surface area contributed by atoms with Gasteiger partial charge in [-0.3, -0.25) is 9.59 Å². The molecule has 0 aliphatic heterocycles. The first-order chi connectivity index (χ1) is 7.94. The third kappa shape index (κ3) is 6.30. The summed E-state index contributed by atoms with van der Waals surface area (Å²) in [5, 5.41) is 9.28. The molecule has 0 heterocycles. The lowest BCUT2D eigenvalue weighted by Crippen LogP contribution is -2.42. The Morgan fingerprint density at radius 1 is 1.11 bits per heavy atom. The molecule has 0 radical (unpaired) electrons. The molecule has 4 nitrogen and oxygen atoms in total. The van der Waals surface area contributed by atoms with Crippen LogP contribution in [0.25, 0.3) is 0 Å². The van der Waals surface area contributed by atoms with Crippen molar-refractivity contribution >= 4 is 11.9 Å². The highest BCUT2D eigenvalue weighted by molar-refractivity contribution is 5.81. The monoisotopic (exact) mass is 281 g/mol. The first-order valence-corrected chi connectivity index (χ1v) is 4.58. The van der Waals surface area contributed by atoms with Crippen LogP contribution in [0.15, 0.2) is 0 Å². The number of carboxylic acid groups (broad SMARTS) is 1. The average Bonchev–Trinajstić information content (AvgIpc) is 2.12. The smallest absolute Gasteiger partial charge is 0.471 e. The minimum Gasteiger partial charge on any atom is -0.481 e. The third-order valence-corrected chi connectivity index (χ3v) is 1.94. The summed E-state index contributed by atoms with van der Waals surface area (Å²) in [5.74, 6) is -6.33. The molecule has 0 rings (SSSR count). The van der Waals surface area contributed by atoms with Gasteiger partial charge in [0.2, 0.25) is 0 Å². The van der Waals surface area contributed by atoms with Crippen molar-refractivity contribution in [1.82, 2.24) is 5.32 Å². The number of aliphatic carboxylic acids is 1. The molecule has 0 fully saturated rings. The van der Waals surface area contributed by atoms with E-state index in [-0.39, 0.29) is 0 Å². The molecule has 0 bridgehead atoms. The van der Waals surface area contributed by atoms with E-state index in [9.17, 15) is 35.9 Å². The van der Waals surface area contributed by atoms with Crippen LogP contribution in [0.2, 0.25) is 0 Å². The van der Waals surface area contributed by atoms with E-state index in [4.69, 9.17) is 5.11 Å². The molecule has 0 aromatic rings. The van der Waals surface area contributed by atoms with Gasteiger partial charge in [0.25, 0.3) is 0 Å². The quantitative estimate of drug-likeness (QED) is 0.754. The lowest BCUT2D eigenvalue weighted by molar-refractivity contribution is -0.184. The lowest BCUT2D eigenvalue weighted by atomic mass is 10.0. The van der Waals surface area contributed by atoms with Gasteiger partial charge in [-0.2, -0.15) is 26.3 Å². The molecule has 1 unspecified atom stereocenters. The topological polar surface area (TPSA) is 66.4 Å². The molecule has 1 amide bonds. The Bertz CT molecular complexity index is 311. The Morgan fingerprint density at radius 3 is 1.94 bits per heavy atom. The average molecular weight is 281 g/mol. The predicted molar refractivity (Wildman–Crippen MR) is 45.5 cm³/mol. The molecule has 0 saturated carbocycles. The summed E-state index contributed by atoms with van der Waals surface area (Å²) >= 11 is 0. The van der Waals surface area contributed by atoms with Crippen molar-refractivity contribution in [3.63, 3.8) is 0 Å². The zero-order valence-electron chi connectivity index (χ0n) is 8.73. The van der Waals surface area contributed by atoms with Crippen molar-refractivity contribution in [2.24, 2.45) is 5.92 Å². The number of hydrogen-bond donors (Lipinski definition) is 2. The van der Waals surface area contributed by atoms with Crippen molar-refractivity contribution in [2.75, 3.05) is 6.54 Å². The van der Waals surface area contributed by atoms with Crippen LogP contribution in [-0.2, 0) is 9.59 Å². The molecule has 1 atom stereocenters. The predicted octanol–water partition coefficient (Wildman–Crippen LogP) is 1.71. The molecule has 10 heteroatoms. The van der Waals surface area contributed by atoms with Crippen molar-refractivity contribution in [1.29, 1.82) is 0 Å². The SMILES string of the molecule is O=C(O)CCC(CNC(=O)C(F)(F)F)C(F)(F)F. The normalized spacial score (nSPS) is 14.1. The van der Waals surface area contributed by atoms with Gasteiger partial charge in [0.05, 0.1) is 5.92 Å². The van der Waals surface area contributed by atoms with Gasteiger partial charge in [0, 0.05) is 13.0 Å². The van der Waals surface area contributed by atoms with Crippen LogP contribution in [0.4, 0.5) is 26.3 Å². The summed E-state index contributed by atoms with van der Waals surface area (Å²) in [6, 6.07) is 0. The second-order valence-corrected chi connectivity index (χ2v) is 3.38. The molecule has 18 heavy (non-hydrogen) atoms. The van der Waals surface area contributed by atoms with E-state index in [1.165, 1.54) is 0 Å². The van der Waals surface area contributed by atoms with Crippen LogP contribution in [0.1, 0.15) is 12.8 Å². The maximum atomic E-state index is 12.3. The second kappa shape index (κ2) is 5.91. The van der Waals surface area contributed by atoms with Gasteiger partial charge in [-0.1, -0.05) is 0 Å². The van der Waals surface area contributed by atoms with Crippen LogP contribution >= 0.6 is 0 Å². The minimum absolute atomic E-state index is 0.855. The van der Waals surface area contributed by atoms with Crippen LogP contribution in [0.5, 0.6) is 0 Å². The number of carbonyl (C=O) groups excluding carboxylic acids is 1. The van der Waals surface area contributed by atoms with Gasteiger partial charge >= 0.3 is 24.2 Å². The van der Waals surface area contributed by atoms with Crippen LogP contribution in [-0.4, -0.2) is 35.9 Å². The van der Waals surface area contributed by atoms with Gasteiger partial charge in [-0.15, -0.1) is 0 Å². The van der Waals surface area contributed by atoms with E-state index in [1.807, 2.05) is 0 Å². The Hall–Kier alpha value is -1.48. The summed E-state index contributed by atoms with van der Waals surface area (Å²) in [4.78, 5) is 20.4. The third-order valence-electron chi connectivity index (χ3n) is 1.94. The Balaban J connectivity index is 4.44. The van der Waals surface area contributed by atoms with Gasteiger partial charge in [0.1, 0.15) is 0 Å². The van der Waals surface area contributed by atoms with E-state index < -0.39 is 49.5 Å². The fourth-order valence-corrected chi connectivity index (χ4v) is 0.995. The van der Waals surface area contributed by atoms with E-state index in [0.29, 0.717) is 0 Å². The molecule has 0 spiro atoms. The molecular formula is C8H9F6NO3. The zero-order valence-corrected chi connectivity index (χ0v) is 8.73. The highest BCUT2D eigenvalue weighted by Gasteiger charge is 2.43. The molecule has 106 valence electrons. The van der Waals surface area contributed by atoms with Crippen LogP contribution in [0, 0.1) is 5.92 Å². The first kappa shape index (κ1) is 16.5. The van der Waals surface area contributed by atoms with Crippen molar-refractivity contribution in [2.45, 2.75) is 25.2 Å². The van der Waals surface area contributed by atoms with Gasteiger partial charge < -0.3 is 10.4 Å². The van der Waals surface area contributed by atoms with Crippen LogP contribution < -0.4 is 5.32 Å². The standard InChI is InChI=1S/C8H9F6NO3/c9-7(10,11)4(1-2-5(16)17)3-15-6(18)8(12,13)14/h4H,1-3H2,(H,15,18)(H,16,17).